The number of aromatic nitrogens is 4. The molecule has 34 heavy (non-hydrogen) atoms. The summed E-state index contributed by atoms with van der Waals surface area (Å²) in [4.78, 5) is 44.2. The molecule has 2 heterocycles. The van der Waals surface area contributed by atoms with Crippen LogP contribution in [-0.2, 0) is 30.8 Å². The Morgan fingerprint density at radius 3 is 2.62 bits per heavy atom. The van der Waals surface area contributed by atoms with Gasteiger partial charge in [0.15, 0.2) is 11.2 Å². The molecule has 8 heteroatoms. The van der Waals surface area contributed by atoms with E-state index in [1.54, 1.807) is 10.9 Å². The molecule has 174 valence electrons. The molecule has 0 fully saturated rings. The highest BCUT2D eigenvalue weighted by atomic mass is 16.2. The predicted molar refractivity (Wildman–Crippen MR) is 130 cm³/mol. The van der Waals surface area contributed by atoms with Gasteiger partial charge in [-0.1, -0.05) is 54.6 Å². The number of benzene rings is 2. The molecule has 1 atom stereocenters. The average Bonchev–Trinajstić information content (AvgIpc) is 3.30. The summed E-state index contributed by atoms with van der Waals surface area (Å²) < 4.78 is 4.22. The Labute approximate surface area is 196 Å². The fourth-order valence-corrected chi connectivity index (χ4v) is 4.81. The first-order valence-corrected chi connectivity index (χ1v) is 11.7. The second-order valence-electron chi connectivity index (χ2n) is 8.66. The molecule has 0 spiro atoms. The van der Waals surface area contributed by atoms with Crippen molar-refractivity contribution in [1.29, 1.82) is 0 Å². The molecule has 5 rings (SSSR count). The van der Waals surface area contributed by atoms with Crippen LogP contribution in [0.4, 0.5) is 0 Å². The van der Waals surface area contributed by atoms with Crippen molar-refractivity contribution in [3.8, 4) is 0 Å². The van der Waals surface area contributed by atoms with Gasteiger partial charge in [0, 0.05) is 6.54 Å². The van der Waals surface area contributed by atoms with Gasteiger partial charge in [0.25, 0.3) is 5.56 Å². The number of carbonyl (C=O) groups is 1. The number of nitrogens with one attached hydrogen (secondary N) is 1. The standard InChI is InChI=1S/C26H27N5O3/c1-2-29-17-27-24-23(29)25(33)31(26(34)30(24)15-18-9-4-3-5-10-18)16-22(32)28-21-14-8-12-19-11-6-7-13-20(19)21/h3-7,9-11,13,17,21H,2,8,12,14-16H2,1H3,(H,28,32)/t21-/m1/s1. The summed E-state index contributed by atoms with van der Waals surface area (Å²) in [6, 6.07) is 17.5. The maximum absolute atomic E-state index is 13.4. The van der Waals surface area contributed by atoms with E-state index in [2.05, 4.69) is 16.4 Å². The molecule has 2 aromatic heterocycles. The summed E-state index contributed by atoms with van der Waals surface area (Å²) in [6.45, 7) is 2.36. The average molecular weight is 458 g/mol. The lowest BCUT2D eigenvalue weighted by Gasteiger charge is -2.26. The van der Waals surface area contributed by atoms with E-state index < -0.39 is 11.2 Å². The van der Waals surface area contributed by atoms with Gasteiger partial charge in [0.2, 0.25) is 5.91 Å². The maximum atomic E-state index is 13.4. The van der Waals surface area contributed by atoms with Crippen molar-refractivity contribution in [2.24, 2.45) is 0 Å². The van der Waals surface area contributed by atoms with Crippen molar-refractivity contribution in [3.05, 3.63) is 98.5 Å². The summed E-state index contributed by atoms with van der Waals surface area (Å²) >= 11 is 0. The van der Waals surface area contributed by atoms with Gasteiger partial charge in [-0.3, -0.25) is 14.2 Å². The molecule has 0 bridgehead atoms. The number of hydrogen-bond acceptors (Lipinski definition) is 4. The number of hydrogen-bond donors (Lipinski definition) is 1. The van der Waals surface area contributed by atoms with E-state index in [0.29, 0.717) is 17.7 Å². The van der Waals surface area contributed by atoms with Crippen LogP contribution in [0.15, 0.2) is 70.5 Å². The van der Waals surface area contributed by atoms with Crippen LogP contribution in [0.3, 0.4) is 0 Å². The van der Waals surface area contributed by atoms with Crippen LogP contribution >= 0.6 is 0 Å². The zero-order valence-corrected chi connectivity index (χ0v) is 19.1. The van der Waals surface area contributed by atoms with Crippen LogP contribution in [-0.4, -0.2) is 24.6 Å². The maximum Gasteiger partial charge on any atom is 0.333 e. The Balaban J connectivity index is 1.51. The highest BCUT2D eigenvalue weighted by molar-refractivity contribution is 5.77. The SMILES string of the molecule is CCn1cnc2c1c(=O)n(CC(=O)N[C@@H]1CCCc3ccccc31)c(=O)n2Cc1ccccc1. The molecule has 1 aliphatic carbocycles. The van der Waals surface area contributed by atoms with Gasteiger partial charge in [0.1, 0.15) is 6.54 Å². The molecule has 1 N–H and O–H groups in total. The number of carbonyl (C=O) groups excluding carboxylic acids is 1. The normalized spacial score (nSPS) is 15.3. The van der Waals surface area contributed by atoms with Gasteiger partial charge in [-0.2, -0.15) is 0 Å². The van der Waals surface area contributed by atoms with Crippen LogP contribution in [0.1, 0.15) is 42.5 Å². The summed E-state index contributed by atoms with van der Waals surface area (Å²) in [5.41, 5.74) is 2.87. The van der Waals surface area contributed by atoms with Gasteiger partial charge in [-0.05, 0) is 42.9 Å². The lowest BCUT2D eigenvalue weighted by atomic mass is 9.88. The molecular formula is C26H27N5O3. The van der Waals surface area contributed by atoms with Crippen molar-refractivity contribution in [1.82, 2.24) is 24.0 Å². The zero-order valence-electron chi connectivity index (χ0n) is 19.1. The van der Waals surface area contributed by atoms with E-state index >= 15 is 0 Å². The number of aryl methyl sites for hydroxylation is 2. The lowest BCUT2D eigenvalue weighted by Crippen LogP contribution is -2.45. The monoisotopic (exact) mass is 457 g/mol. The molecule has 0 saturated heterocycles. The Hall–Kier alpha value is -3.94. The van der Waals surface area contributed by atoms with Crippen LogP contribution in [0.2, 0.25) is 0 Å². The highest BCUT2D eigenvalue weighted by Gasteiger charge is 2.24. The Morgan fingerprint density at radius 1 is 1.06 bits per heavy atom. The summed E-state index contributed by atoms with van der Waals surface area (Å²) in [6.07, 6.45) is 4.37. The van der Waals surface area contributed by atoms with Crippen LogP contribution < -0.4 is 16.6 Å². The third-order valence-corrected chi connectivity index (χ3v) is 6.51. The topological polar surface area (TPSA) is 90.9 Å². The summed E-state index contributed by atoms with van der Waals surface area (Å²) in [7, 11) is 0. The lowest BCUT2D eigenvalue weighted by molar-refractivity contribution is -0.122. The quantitative estimate of drug-likeness (QED) is 0.482. The second-order valence-corrected chi connectivity index (χ2v) is 8.66. The minimum Gasteiger partial charge on any atom is -0.348 e. The largest absolute Gasteiger partial charge is 0.348 e. The molecular weight excluding hydrogens is 430 g/mol. The van der Waals surface area contributed by atoms with Gasteiger partial charge in [-0.25, -0.2) is 14.3 Å². The molecule has 0 aliphatic heterocycles. The first-order chi connectivity index (χ1) is 16.6. The summed E-state index contributed by atoms with van der Waals surface area (Å²) in [5.74, 6) is -0.353. The van der Waals surface area contributed by atoms with E-state index in [9.17, 15) is 14.4 Å². The predicted octanol–water partition coefficient (Wildman–Crippen LogP) is 2.62. The third-order valence-electron chi connectivity index (χ3n) is 6.51. The third kappa shape index (κ3) is 3.96. The second kappa shape index (κ2) is 9.13. The van der Waals surface area contributed by atoms with E-state index in [-0.39, 0.29) is 25.0 Å². The van der Waals surface area contributed by atoms with Crippen molar-refractivity contribution in [3.63, 3.8) is 0 Å². The highest BCUT2D eigenvalue weighted by Crippen LogP contribution is 2.29. The van der Waals surface area contributed by atoms with E-state index in [4.69, 9.17) is 0 Å². The molecule has 2 aromatic carbocycles. The fraction of sp³-hybridized carbons (Fsp3) is 0.308. The minimum absolute atomic E-state index is 0.121. The molecule has 0 radical (unpaired) electrons. The Kier molecular flexibility index (Phi) is 5.88. The van der Waals surface area contributed by atoms with Crippen molar-refractivity contribution >= 4 is 17.1 Å². The van der Waals surface area contributed by atoms with E-state index in [1.165, 1.54) is 10.1 Å². The molecule has 0 saturated carbocycles. The van der Waals surface area contributed by atoms with E-state index in [0.717, 1.165) is 35.0 Å². The van der Waals surface area contributed by atoms with Gasteiger partial charge in [-0.15, -0.1) is 0 Å². The Bertz CT molecular complexity index is 1470. The van der Waals surface area contributed by atoms with Gasteiger partial charge in [0.05, 0.1) is 18.9 Å². The minimum atomic E-state index is -0.540. The molecule has 4 aromatic rings. The number of rotatable bonds is 6. The molecule has 1 amide bonds. The summed E-state index contributed by atoms with van der Waals surface area (Å²) in [5, 5.41) is 3.05. The van der Waals surface area contributed by atoms with Crippen molar-refractivity contribution in [2.45, 2.75) is 51.9 Å². The number of amides is 1. The molecule has 8 nitrogen and oxygen atoms in total. The number of imidazole rings is 1. The van der Waals surface area contributed by atoms with E-state index in [1.807, 2.05) is 55.5 Å². The van der Waals surface area contributed by atoms with Crippen molar-refractivity contribution < 1.29 is 4.79 Å². The molecule has 0 unspecified atom stereocenters. The van der Waals surface area contributed by atoms with Crippen LogP contribution in [0.25, 0.3) is 11.2 Å². The number of nitrogens with zero attached hydrogens (tertiary/aromatic N) is 4. The van der Waals surface area contributed by atoms with Gasteiger partial charge < -0.3 is 9.88 Å². The Morgan fingerprint density at radius 2 is 1.82 bits per heavy atom. The number of fused-ring (bicyclic) bond motifs is 2. The van der Waals surface area contributed by atoms with Crippen LogP contribution in [0.5, 0.6) is 0 Å². The van der Waals surface area contributed by atoms with Gasteiger partial charge >= 0.3 is 5.69 Å². The molecule has 1 aliphatic rings. The smallest absolute Gasteiger partial charge is 0.333 e. The first-order valence-electron chi connectivity index (χ1n) is 11.7. The first kappa shape index (κ1) is 21.9. The zero-order chi connectivity index (χ0) is 23.7. The van der Waals surface area contributed by atoms with Crippen molar-refractivity contribution in [2.75, 3.05) is 0 Å². The van der Waals surface area contributed by atoms with Crippen LogP contribution in [0, 0.1) is 0 Å². The fourth-order valence-electron chi connectivity index (χ4n) is 4.81.